The molecule has 2 aromatic rings. The van der Waals surface area contributed by atoms with Crippen LogP contribution in [0.5, 0.6) is 0 Å². The first-order valence-corrected chi connectivity index (χ1v) is 7.49. The van der Waals surface area contributed by atoms with Crippen molar-refractivity contribution in [2.75, 3.05) is 5.75 Å². The summed E-state index contributed by atoms with van der Waals surface area (Å²) in [7, 11) is 0. The van der Waals surface area contributed by atoms with E-state index in [1.165, 1.54) is 0 Å². The molecule has 100 valence electrons. The number of Topliss-reactive ketones (excluding diaryl/α,β-unsaturated/α-hetero) is 1. The van der Waals surface area contributed by atoms with Gasteiger partial charge in [0.15, 0.2) is 5.78 Å². The van der Waals surface area contributed by atoms with Crippen LogP contribution in [0.25, 0.3) is 0 Å². The minimum Gasteiger partial charge on any atom is -0.349 e. The summed E-state index contributed by atoms with van der Waals surface area (Å²) in [5, 5.41) is 0. The van der Waals surface area contributed by atoms with Gasteiger partial charge in [0, 0.05) is 28.4 Å². The molecular formula is C16H19NOS. The molecule has 2 rings (SSSR count). The monoisotopic (exact) mass is 273 g/mol. The van der Waals surface area contributed by atoms with Crippen molar-refractivity contribution in [2.24, 2.45) is 0 Å². The summed E-state index contributed by atoms with van der Waals surface area (Å²) in [4.78, 5) is 13.4. The molecule has 0 saturated carbocycles. The fourth-order valence-corrected chi connectivity index (χ4v) is 3.12. The molecule has 0 aliphatic carbocycles. The third-order valence-electron chi connectivity index (χ3n) is 3.30. The number of rotatable bonds is 5. The third-order valence-corrected chi connectivity index (χ3v) is 4.32. The van der Waals surface area contributed by atoms with Crippen LogP contribution in [-0.4, -0.2) is 16.1 Å². The molecule has 0 N–H and O–H groups in total. The standard InChI is InChI=1S/C16H19NOS/c1-4-17-12(2)10-15(13(17)3)16(18)11-19-14-8-6-5-7-9-14/h5-10H,4,11H2,1-3H3. The second kappa shape index (κ2) is 6.11. The maximum Gasteiger partial charge on any atom is 0.174 e. The smallest absolute Gasteiger partial charge is 0.174 e. The van der Waals surface area contributed by atoms with Gasteiger partial charge in [-0.05, 0) is 39.0 Å². The molecule has 1 heterocycles. The SMILES string of the molecule is CCn1c(C)cc(C(=O)CSc2ccccc2)c1C. The van der Waals surface area contributed by atoms with E-state index in [2.05, 4.69) is 18.4 Å². The number of thioether (sulfide) groups is 1. The minimum atomic E-state index is 0.210. The lowest BCUT2D eigenvalue weighted by molar-refractivity contribution is 0.102. The van der Waals surface area contributed by atoms with Gasteiger partial charge in [-0.25, -0.2) is 0 Å². The van der Waals surface area contributed by atoms with E-state index in [0.29, 0.717) is 5.75 Å². The van der Waals surface area contributed by atoms with Crippen LogP contribution in [0.15, 0.2) is 41.3 Å². The zero-order valence-corrected chi connectivity index (χ0v) is 12.5. The summed E-state index contributed by atoms with van der Waals surface area (Å²) in [6.07, 6.45) is 0. The molecule has 0 fully saturated rings. The van der Waals surface area contributed by atoms with Crippen molar-refractivity contribution in [3.05, 3.63) is 53.3 Å². The predicted octanol–water partition coefficient (Wildman–Crippen LogP) is 4.10. The summed E-state index contributed by atoms with van der Waals surface area (Å²) in [6.45, 7) is 7.10. The molecule has 0 unspecified atom stereocenters. The minimum absolute atomic E-state index is 0.210. The average molecular weight is 273 g/mol. The van der Waals surface area contributed by atoms with E-state index in [0.717, 1.165) is 28.4 Å². The highest BCUT2D eigenvalue weighted by molar-refractivity contribution is 8.00. The predicted molar refractivity (Wildman–Crippen MR) is 81.1 cm³/mol. The zero-order valence-electron chi connectivity index (χ0n) is 11.6. The van der Waals surface area contributed by atoms with Gasteiger partial charge in [-0.2, -0.15) is 0 Å². The highest BCUT2D eigenvalue weighted by atomic mass is 32.2. The fraction of sp³-hybridized carbons (Fsp3) is 0.312. The van der Waals surface area contributed by atoms with Gasteiger partial charge in [-0.1, -0.05) is 18.2 Å². The Morgan fingerprint density at radius 1 is 1.21 bits per heavy atom. The lowest BCUT2D eigenvalue weighted by atomic mass is 10.2. The van der Waals surface area contributed by atoms with Crippen LogP contribution in [0.1, 0.15) is 28.7 Å². The number of ketones is 1. The number of carbonyl (C=O) groups excluding carboxylic acids is 1. The van der Waals surface area contributed by atoms with Gasteiger partial charge in [0.1, 0.15) is 0 Å². The van der Waals surface area contributed by atoms with Gasteiger partial charge in [0.25, 0.3) is 0 Å². The van der Waals surface area contributed by atoms with Gasteiger partial charge in [0.05, 0.1) is 5.75 Å². The first-order valence-electron chi connectivity index (χ1n) is 6.51. The highest BCUT2D eigenvalue weighted by Gasteiger charge is 2.14. The summed E-state index contributed by atoms with van der Waals surface area (Å²) >= 11 is 1.60. The molecule has 0 radical (unpaired) electrons. The fourth-order valence-electron chi connectivity index (χ4n) is 2.31. The molecule has 0 bridgehead atoms. The molecule has 1 aromatic carbocycles. The third kappa shape index (κ3) is 3.10. The molecular weight excluding hydrogens is 254 g/mol. The van der Waals surface area contributed by atoms with Crippen molar-refractivity contribution in [3.8, 4) is 0 Å². The van der Waals surface area contributed by atoms with E-state index in [1.54, 1.807) is 11.8 Å². The second-order valence-electron chi connectivity index (χ2n) is 4.55. The second-order valence-corrected chi connectivity index (χ2v) is 5.60. The van der Waals surface area contributed by atoms with Crippen molar-refractivity contribution in [1.82, 2.24) is 4.57 Å². The number of benzene rings is 1. The van der Waals surface area contributed by atoms with Crippen LogP contribution in [-0.2, 0) is 6.54 Å². The maximum absolute atomic E-state index is 12.3. The van der Waals surface area contributed by atoms with Crippen molar-refractivity contribution in [1.29, 1.82) is 0 Å². The first kappa shape index (κ1) is 13.9. The van der Waals surface area contributed by atoms with Gasteiger partial charge in [-0.15, -0.1) is 11.8 Å². The number of aryl methyl sites for hydroxylation is 1. The number of nitrogens with zero attached hydrogens (tertiary/aromatic N) is 1. The molecule has 19 heavy (non-hydrogen) atoms. The summed E-state index contributed by atoms with van der Waals surface area (Å²) in [5.41, 5.74) is 3.11. The molecule has 3 heteroatoms. The van der Waals surface area contributed by atoms with Gasteiger partial charge >= 0.3 is 0 Å². The quantitative estimate of drug-likeness (QED) is 0.604. The maximum atomic E-state index is 12.3. The topological polar surface area (TPSA) is 22.0 Å². The van der Waals surface area contributed by atoms with Crippen molar-refractivity contribution in [2.45, 2.75) is 32.2 Å². The Kier molecular flexibility index (Phi) is 4.48. The molecule has 0 saturated heterocycles. The molecule has 0 spiro atoms. The normalized spacial score (nSPS) is 10.7. The van der Waals surface area contributed by atoms with Crippen LogP contribution < -0.4 is 0 Å². The zero-order chi connectivity index (χ0) is 13.8. The molecule has 0 atom stereocenters. The number of carbonyl (C=O) groups is 1. The van der Waals surface area contributed by atoms with Crippen molar-refractivity contribution < 1.29 is 4.79 Å². The molecule has 2 nitrogen and oxygen atoms in total. The van der Waals surface area contributed by atoms with Crippen molar-refractivity contribution in [3.63, 3.8) is 0 Å². The lowest BCUT2D eigenvalue weighted by Gasteiger charge is -2.05. The van der Waals surface area contributed by atoms with E-state index in [-0.39, 0.29) is 5.78 Å². The number of hydrogen-bond donors (Lipinski definition) is 0. The molecule has 1 aromatic heterocycles. The Labute approximate surface area is 118 Å². The van der Waals surface area contributed by atoms with Gasteiger partial charge in [-0.3, -0.25) is 4.79 Å². The molecule has 0 amide bonds. The van der Waals surface area contributed by atoms with Gasteiger partial charge < -0.3 is 4.57 Å². The van der Waals surface area contributed by atoms with E-state index in [9.17, 15) is 4.79 Å². The Balaban J connectivity index is 2.08. The first-order chi connectivity index (χ1) is 9.13. The average Bonchev–Trinajstić information content (AvgIpc) is 2.72. The van der Waals surface area contributed by atoms with Gasteiger partial charge in [0.2, 0.25) is 0 Å². The molecule has 0 aliphatic rings. The Morgan fingerprint density at radius 2 is 1.89 bits per heavy atom. The van der Waals surface area contributed by atoms with E-state index >= 15 is 0 Å². The summed E-state index contributed by atoms with van der Waals surface area (Å²) in [5.74, 6) is 0.708. The Hall–Kier alpha value is -1.48. The van der Waals surface area contributed by atoms with Crippen LogP contribution >= 0.6 is 11.8 Å². The van der Waals surface area contributed by atoms with Crippen LogP contribution in [0.3, 0.4) is 0 Å². The number of aromatic nitrogens is 1. The van der Waals surface area contributed by atoms with Crippen LogP contribution in [0.4, 0.5) is 0 Å². The van der Waals surface area contributed by atoms with E-state index in [1.807, 2.05) is 43.3 Å². The van der Waals surface area contributed by atoms with Crippen LogP contribution in [0.2, 0.25) is 0 Å². The highest BCUT2D eigenvalue weighted by Crippen LogP contribution is 2.21. The van der Waals surface area contributed by atoms with E-state index in [4.69, 9.17) is 0 Å². The van der Waals surface area contributed by atoms with E-state index < -0.39 is 0 Å². The Bertz CT molecular complexity index is 572. The largest absolute Gasteiger partial charge is 0.349 e. The lowest BCUT2D eigenvalue weighted by Crippen LogP contribution is -2.05. The van der Waals surface area contributed by atoms with Crippen LogP contribution in [0, 0.1) is 13.8 Å². The Morgan fingerprint density at radius 3 is 2.47 bits per heavy atom. The molecule has 0 aliphatic heterocycles. The summed E-state index contributed by atoms with van der Waals surface area (Å²) in [6, 6.07) is 12.1. The van der Waals surface area contributed by atoms with Crippen molar-refractivity contribution >= 4 is 17.5 Å². The summed E-state index contributed by atoms with van der Waals surface area (Å²) < 4.78 is 2.18. The number of hydrogen-bond acceptors (Lipinski definition) is 2.